The summed E-state index contributed by atoms with van der Waals surface area (Å²) >= 11 is 7.14. The second kappa shape index (κ2) is 8.11. The Morgan fingerprint density at radius 1 is 1.15 bits per heavy atom. The molecule has 0 aliphatic rings. The molecule has 0 amide bonds. The fraction of sp³-hybridized carbons (Fsp3) is 0.118. The first-order valence-electron chi connectivity index (χ1n) is 7.39. The Labute approximate surface area is 156 Å². The zero-order chi connectivity index (χ0) is 18.5. The van der Waals surface area contributed by atoms with Gasteiger partial charge in [0.15, 0.2) is 5.75 Å². The number of nitro groups is 1. The van der Waals surface area contributed by atoms with Crippen molar-refractivity contribution in [3.8, 4) is 11.5 Å². The minimum atomic E-state index is -0.551. The Kier molecular flexibility index (Phi) is 5.65. The van der Waals surface area contributed by atoms with Gasteiger partial charge in [-0.2, -0.15) is 0 Å². The Hall–Kier alpha value is -2.71. The fourth-order valence-electron chi connectivity index (χ4n) is 2.06. The molecule has 0 aliphatic heterocycles. The van der Waals surface area contributed by atoms with Crippen LogP contribution in [0.5, 0.6) is 11.5 Å². The molecule has 9 heteroatoms. The minimum absolute atomic E-state index is 0.0789. The van der Waals surface area contributed by atoms with Gasteiger partial charge in [0.05, 0.1) is 10.6 Å². The smallest absolute Gasteiger partial charge is 0.312 e. The lowest BCUT2D eigenvalue weighted by molar-refractivity contribution is -0.385. The van der Waals surface area contributed by atoms with Crippen LogP contribution in [0.1, 0.15) is 10.7 Å². The molecule has 0 spiro atoms. The molecule has 134 valence electrons. The van der Waals surface area contributed by atoms with Crippen LogP contribution < -0.4 is 9.47 Å². The largest absolute Gasteiger partial charge is 0.486 e. The Morgan fingerprint density at radius 3 is 2.65 bits per heavy atom. The van der Waals surface area contributed by atoms with Crippen LogP contribution in [0.2, 0.25) is 5.02 Å². The molecule has 0 saturated heterocycles. The van der Waals surface area contributed by atoms with Gasteiger partial charge in [0, 0.05) is 16.5 Å². The monoisotopic (exact) mass is 394 g/mol. The number of halogens is 2. The number of thiazole rings is 1. The van der Waals surface area contributed by atoms with E-state index in [4.69, 9.17) is 21.1 Å². The second-order valence-electron chi connectivity index (χ2n) is 5.13. The highest BCUT2D eigenvalue weighted by molar-refractivity contribution is 7.09. The maximum atomic E-state index is 12.8. The SMILES string of the molecule is O=[N+]([O-])c1cc(Cl)ccc1OCc1csc(COc2ccc(F)cc2)n1. The lowest BCUT2D eigenvalue weighted by atomic mass is 10.3. The van der Waals surface area contributed by atoms with E-state index in [2.05, 4.69) is 4.98 Å². The van der Waals surface area contributed by atoms with Crippen LogP contribution in [0.3, 0.4) is 0 Å². The van der Waals surface area contributed by atoms with Crippen molar-refractivity contribution in [1.82, 2.24) is 4.98 Å². The van der Waals surface area contributed by atoms with Crippen molar-refractivity contribution >= 4 is 28.6 Å². The number of hydrogen-bond donors (Lipinski definition) is 0. The maximum absolute atomic E-state index is 12.8. The molecule has 0 unspecified atom stereocenters. The van der Waals surface area contributed by atoms with Crippen molar-refractivity contribution in [2.45, 2.75) is 13.2 Å². The van der Waals surface area contributed by atoms with E-state index >= 15 is 0 Å². The third-order valence-electron chi connectivity index (χ3n) is 3.27. The van der Waals surface area contributed by atoms with Crippen LogP contribution in [-0.4, -0.2) is 9.91 Å². The first kappa shape index (κ1) is 18.1. The lowest BCUT2D eigenvalue weighted by Gasteiger charge is -2.05. The molecule has 0 N–H and O–H groups in total. The Morgan fingerprint density at radius 2 is 1.92 bits per heavy atom. The first-order valence-corrected chi connectivity index (χ1v) is 8.65. The third kappa shape index (κ3) is 4.68. The summed E-state index contributed by atoms with van der Waals surface area (Å²) in [6.45, 7) is 0.312. The molecular weight excluding hydrogens is 383 g/mol. The highest BCUT2D eigenvalue weighted by Crippen LogP contribution is 2.30. The van der Waals surface area contributed by atoms with Crippen molar-refractivity contribution in [3.63, 3.8) is 0 Å². The molecule has 0 radical (unpaired) electrons. The van der Waals surface area contributed by atoms with E-state index in [1.54, 1.807) is 5.38 Å². The standard InChI is InChI=1S/C17H12ClFN2O4S/c18-11-1-6-16(15(7-11)21(22)23)25-8-13-10-26-17(20-13)9-24-14-4-2-12(19)3-5-14/h1-7,10H,8-9H2. The molecule has 1 aromatic heterocycles. The Balaban J connectivity index is 1.59. The molecule has 3 rings (SSSR count). The Bertz CT molecular complexity index is 917. The second-order valence-corrected chi connectivity index (χ2v) is 6.51. The quantitative estimate of drug-likeness (QED) is 0.416. The number of rotatable bonds is 7. The minimum Gasteiger partial charge on any atom is -0.486 e. The van der Waals surface area contributed by atoms with E-state index < -0.39 is 4.92 Å². The maximum Gasteiger partial charge on any atom is 0.312 e. The van der Waals surface area contributed by atoms with Gasteiger partial charge in [-0.05, 0) is 36.4 Å². The molecule has 26 heavy (non-hydrogen) atoms. The van der Waals surface area contributed by atoms with Crippen LogP contribution in [0.25, 0.3) is 0 Å². The summed E-state index contributed by atoms with van der Waals surface area (Å²) in [5.41, 5.74) is 0.421. The van der Waals surface area contributed by atoms with Crippen LogP contribution in [0.4, 0.5) is 10.1 Å². The molecule has 2 aromatic carbocycles. The predicted molar refractivity (Wildman–Crippen MR) is 95.3 cm³/mol. The van der Waals surface area contributed by atoms with Gasteiger partial charge in [0.2, 0.25) is 0 Å². The van der Waals surface area contributed by atoms with Gasteiger partial charge < -0.3 is 9.47 Å². The third-order valence-corrected chi connectivity index (χ3v) is 4.37. The molecule has 0 saturated carbocycles. The topological polar surface area (TPSA) is 74.5 Å². The number of aromatic nitrogens is 1. The average molecular weight is 395 g/mol. The summed E-state index contributed by atoms with van der Waals surface area (Å²) in [5.74, 6) is 0.329. The van der Waals surface area contributed by atoms with Crippen LogP contribution in [0.15, 0.2) is 47.8 Å². The summed E-state index contributed by atoms with van der Waals surface area (Å²) in [7, 11) is 0. The molecule has 0 aliphatic carbocycles. The molecule has 6 nitrogen and oxygen atoms in total. The first-order chi connectivity index (χ1) is 12.5. The van der Waals surface area contributed by atoms with Gasteiger partial charge in [-0.3, -0.25) is 10.1 Å². The molecule has 0 bridgehead atoms. The summed E-state index contributed by atoms with van der Waals surface area (Å²) in [6, 6.07) is 9.91. The van der Waals surface area contributed by atoms with Crippen LogP contribution in [-0.2, 0) is 13.2 Å². The number of benzene rings is 2. The summed E-state index contributed by atoms with van der Waals surface area (Å²) in [5, 5.41) is 13.8. The van der Waals surface area contributed by atoms with Gasteiger partial charge in [-0.25, -0.2) is 9.37 Å². The number of nitro benzene ring substituents is 1. The number of nitrogens with zero attached hydrogens (tertiary/aromatic N) is 2. The van der Waals surface area contributed by atoms with Gasteiger partial charge in [-0.1, -0.05) is 11.6 Å². The van der Waals surface area contributed by atoms with Gasteiger partial charge in [0.1, 0.15) is 29.8 Å². The van der Waals surface area contributed by atoms with E-state index in [1.807, 2.05) is 0 Å². The van der Waals surface area contributed by atoms with Crippen molar-refractivity contribution < 1.29 is 18.8 Å². The van der Waals surface area contributed by atoms with Crippen LogP contribution in [0, 0.1) is 15.9 Å². The summed E-state index contributed by atoms with van der Waals surface area (Å²) in [6.07, 6.45) is 0. The number of ether oxygens (including phenoxy) is 2. The van der Waals surface area contributed by atoms with Gasteiger partial charge in [-0.15, -0.1) is 11.3 Å². The van der Waals surface area contributed by atoms with Crippen molar-refractivity contribution in [2.24, 2.45) is 0 Å². The fourth-order valence-corrected chi connectivity index (χ4v) is 2.92. The number of hydrogen-bond acceptors (Lipinski definition) is 6. The van der Waals surface area contributed by atoms with E-state index in [9.17, 15) is 14.5 Å². The zero-order valence-electron chi connectivity index (χ0n) is 13.2. The molecule has 0 fully saturated rings. The molecule has 0 atom stereocenters. The van der Waals surface area contributed by atoms with Gasteiger partial charge in [0.25, 0.3) is 0 Å². The van der Waals surface area contributed by atoms with E-state index in [0.29, 0.717) is 16.5 Å². The normalized spacial score (nSPS) is 10.5. The summed E-state index contributed by atoms with van der Waals surface area (Å²) < 4.78 is 23.9. The highest BCUT2D eigenvalue weighted by atomic mass is 35.5. The zero-order valence-corrected chi connectivity index (χ0v) is 14.8. The summed E-state index contributed by atoms with van der Waals surface area (Å²) in [4.78, 5) is 14.8. The van der Waals surface area contributed by atoms with Crippen molar-refractivity contribution in [3.05, 3.63) is 79.5 Å². The van der Waals surface area contributed by atoms with E-state index in [0.717, 1.165) is 0 Å². The van der Waals surface area contributed by atoms with Crippen molar-refractivity contribution in [1.29, 1.82) is 0 Å². The van der Waals surface area contributed by atoms with Gasteiger partial charge >= 0.3 is 5.69 Å². The highest BCUT2D eigenvalue weighted by Gasteiger charge is 2.16. The van der Waals surface area contributed by atoms with E-state index in [1.165, 1.54) is 53.8 Å². The predicted octanol–water partition coefficient (Wildman–Crippen LogP) is 5.00. The molecular formula is C17H12ClFN2O4S. The lowest BCUT2D eigenvalue weighted by Crippen LogP contribution is -2.00. The van der Waals surface area contributed by atoms with E-state index in [-0.39, 0.29) is 35.5 Å². The molecule has 3 aromatic rings. The molecule has 1 heterocycles. The van der Waals surface area contributed by atoms with Crippen molar-refractivity contribution in [2.75, 3.05) is 0 Å². The average Bonchev–Trinajstić information content (AvgIpc) is 3.08. The van der Waals surface area contributed by atoms with Crippen LogP contribution >= 0.6 is 22.9 Å².